The van der Waals surface area contributed by atoms with E-state index in [9.17, 15) is 28.8 Å². The monoisotopic (exact) mass is 516 g/mol. The highest BCUT2D eigenvalue weighted by atomic mass is 32.2. The van der Waals surface area contributed by atoms with Crippen LogP contribution in [0.3, 0.4) is 0 Å². The third-order valence-electron chi connectivity index (χ3n) is 4.66. The van der Waals surface area contributed by atoms with Crippen molar-refractivity contribution in [1.82, 2.24) is 10.6 Å². The van der Waals surface area contributed by atoms with Crippen LogP contribution in [0.4, 0.5) is 0 Å². The number of amides is 2. The molecular formula is C22H32N2O10S. The molecule has 1 atom stereocenters. The van der Waals surface area contributed by atoms with Gasteiger partial charge in [-0.05, 0) is 26.2 Å². The van der Waals surface area contributed by atoms with E-state index in [0.717, 1.165) is 12.8 Å². The number of carbonyl (C=O) groups is 5. The molecule has 0 radical (unpaired) electrons. The van der Waals surface area contributed by atoms with Gasteiger partial charge in [0.15, 0.2) is 23.2 Å². The highest BCUT2D eigenvalue weighted by Crippen LogP contribution is 2.09. The Labute approximate surface area is 206 Å². The molecule has 0 aliphatic carbocycles. The maximum atomic E-state index is 12.5. The summed E-state index contributed by atoms with van der Waals surface area (Å²) in [6.07, 6.45) is 2.21. The summed E-state index contributed by atoms with van der Waals surface area (Å²) >= 11 is 1.24. The second-order valence-electron chi connectivity index (χ2n) is 7.54. The lowest BCUT2D eigenvalue weighted by molar-refractivity contribution is -0.145. The maximum absolute atomic E-state index is 12.5. The Morgan fingerprint density at radius 1 is 1.00 bits per heavy atom. The average Bonchev–Trinajstić information content (AvgIpc) is 3.13. The van der Waals surface area contributed by atoms with Gasteiger partial charge < -0.3 is 28.9 Å². The molecule has 0 spiro atoms. The highest BCUT2D eigenvalue weighted by Gasteiger charge is 2.24. The molecule has 1 aromatic heterocycles. The van der Waals surface area contributed by atoms with Crippen molar-refractivity contribution in [3.05, 3.63) is 22.1 Å². The number of unbranched alkanes of at least 4 members (excludes halogenated alkanes) is 2. The largest absolute Gasteiger partial charge is 0.519 e. The van der Waals surface area contributed by atoms with E-state index in [1.54, 1.807) is 0 Å². The van der Waals surface area contributed by atoms with Crippen molar-refractivity contribution < 1.29 is 42.3 Å². The molecule has 2 amide bonds. The van der Waals surface area contributed by atoms with Crippen LogP contribution in [-0.2, 0) is 40.1 Å². The van der Waals surface area contributed by atoms with E-state index >= 15 is 0 Å². The Hall–Kier alpha value is -3.09. The molecule has 1 aromatic rings. The van der Waals surface area contributed by atoms with Gasteiger partial charge in [-0.1, -0.05) is 18.2 Å². The Morgan fingerprint density at radius 2 is 1.74 bits per heavy atom. The molecule has 0 aliphatic heterocycles. The summed E-state index contributed by atoms with van der Waals surface area (Å²) in [5.41, 5.74) is 0. The molecule has 2 N–H and O–H groups in total. The summed E-state index contributed by atoms with van der Waals surface area (Å²) in [7, 11) is 1.18. The SMILES string of the molecule is COC(=O)C[C@H](NC(=O)CCCCCSC(C)=O)C(=O)NCCCC(=O)OCc1oc(=O)oc1C. The molecule has 0 aromatic carbocycles. The van der Waals surface area contributed by atoms with E-state index < -0.39 is 29.7 Å². The molecule has 12 nitrogen and oxygen atoms in total. The van der Waals surface area contributed by atoms with Gasteiger partial charge in [-0.3, -0.25) is 24.0 Å². The average molecular weight is 517 g/mol. The number of rotatable bonds is 16. The van der Waals surface area contributed by atoms with E-state index in [0.29, 0.717) is 12.2 Å². The van der Waals surface area contributed by atoms with Crippen LogP contribution in [0, 0.1) is 6.92 Å². The molecule has 0 saturated heterocycles. The van der Waals surface area contributed by atoms with Gasteiger partial charge in [0, 0.05) is 32.1 Å². The number of thioether (sulfide) groups is 1. The Morgan fingerprint density at radius 3 is 2.37 bits per heavy atom. The Kier molecular flexibility index (Phi) is 14.1. The second kappa shape index (κ2) is 16.5. The molecule has 0 aliphatic rings. The van der Waals surface area contributed by atoms with Gasteiger partial charge in [0.25, 0.3) is 0 Å². The number of hydrogen-bond acceptors (Lipinski definition) is 11. The van der Waals surface area contributed by atoms with Gasteiger partial charge >= 0.3 is 17.8 Å². The standard InChI is InChI=1S/C22H32N2O10S/c1-14-17(34-22(30)33-14)13-32-19(27)9-7-10-23-21(29)16(12-20(28)31-3)24-18(26)8-5-4-6-11-35-15(2)25/h16H,4-13H2,1-3H3,(H,23,29)(H,24,26)/t16-/m0/s1. The number of carbonyl (C=O) groups excluding carboxylic acids is 5. The van der Waals surface area contributed by atoms with E-state index in [-0.39, 0.29) is 61.4 Å². The first-order valence-electron chi connectivity index (χ1n) is 11.1. The third-order valence-corrected chi connectivity index (χ3v) is 5.56. The van der Waals surface area contributed by atoms with Crippen molar-refractivity contribution in [3.63, 3.8) is 0 Å². The topological polar surface area (TPSA) is 171 Å². The molecule has 0 bridgehead atoms. The fraction of sp³-hybridized carbons (Fsp3) is 0.636. The summed E-state index contributed by atoms with van der Waals surface area (Å²) in [5.74, 6) is -2.02. The molecule has 196 valence electrons. The lowest BCUT2D eigenvalue weighted by atomic mass is 10.1. The lowest BCUT2D eigenvalue weighted by Crippen LogP contribution is -2.48. The second-order valence-corrected chi connectivity index (χ2v) is 8.81. The predicted octanol–water partition coefficient (Wildman–Crippen LogP) is 1.37. The summed E-state index contributed by atoms with van der Waals surface area (Å²) in [5, 5.41) is 5.17. The maximum Gasteiger partial charge on any atom is 0.519 e. The van der Waals surface area contributed by atoms with Gasteiger partial charge in [-0.15, -0.1) is 0 Å². The van der Waals surface area contributed by atoms with Crippen LogP contribution in [0.2, 0.25) is 0 Å². The molecule has 13 heteroatoms. The molecule has 0 unspecified atom stereocenters. The number of hydrogen-bond donors (Lipinski definition) is 2. The first-order valence-corrected chi connectivity index (χ1v) is 12.1. The van der Waals surface area contributed by atoms with E-state index in [1.165, 1.54) is 32.7 Å². The fourth-order valence-corrected chi connectivity index (χ4v) is 3.43. The van der Waals surface area contributed by atoms with Crippen molar-refractivity contribution in [1.29, 1.82) is 0 Å². The van der Waals surface area contributed by atoms with Crippen molar-refractivity contribution in [3.8, 4) is 0 Å². The van der Waals surface area contributed by atoms with E-state index in [4.69, 9.17) is 9.15 Å². The van der Waals surface area contributed by atoms with Gasteiger partial charge in [0.2, 0.25) is 11.8 Å². The Balaban J connectivity index is 2.36. The van der Waals surface area contributed by atoms with E-state index in [1.807, 2.05) is 0 Å². The van der Waals surface area contributed by atoms with Gasteiger partial charge in [-0.2, -0.15) is 0 Å². The minimum atomic E-state index is -1.11. The van der Waals surface area contributed by atoms with Crippen LogP contribution in [0.25, 0.3) is 0 Å². The number of esters is 2. The first-order chi connectivity index (χ1) is 16.6. The summed E-state index contributed by atoms with van der Waals surface area (Å²) in [4.78, 5) is 70.0. The van der Waals surface area contributed by atoms with Crippen LogP contribution in [0.5, 0.6) is 0 Å². The highest BCUT2D eigenvalue weighted by molar-refractivity contribution is 8.13. The van der Waals surface area contributed by atoms with Crippen LogP contribution < -0.4 is 16.5 Å². The molecular weight excluding hydrogens is 484 g/mol. The number of nitrogens with one attached hydrogen (secondary N) is 2. The normalized spacial score (nSPS) is 11.4. The van der Waals surface area contributed by atoms with Crippen molar-refractivity contribution >= 4 is 40.6 Å². The van der Waals surface area contributed by atoms with Gasteiger partial charge in [-0.25, -0.2) is 4.79 Å². The van der Waals surface area contributed by atoms with Crippen molar-refractivity contribution in [2.24, 2.45) is 0 Å². The van der Waals surface area contributed by atoms with E-state index in [2.05, 4.69) is 19.8 Å². The summed E-state index contributed by atoms with van der Waals surface area (Å²) < 4.78 is 19.0. The van der Waals surface area contributed by atoms with Gasteiger partial charge in [0.1, 0.15) is 6.04 Å². The number of ether oxygens (including phenoxy) is 2. The zero-order valence-corrected chi connectivity index (χ0v) is 21.0. The zero-order valence-electron chi connectivity index (χ0n) is 20.1. The molecule has 0 saturated carbocycles. The van der Waals surface area contributed by atoms with Crippen LogP contribution in [0.15, 0.2) is 13.6 Å². The zero-order chi connectivity index (χ0) is 26.2. The van der Waals surface area contributed by atoms with Crippen LogP contribution in [0.1, 0.15) is 63.4 Å². The summed E-state index contributed by atoms with van der Waals surface area (Å²) in [6.45, 7) is 2.87. The molecule has 1 heterocycles. The first kappa shape index (κ1) is 29.9. The quantitative estimate of drug-likeness (QED) is 0.240. The minimum Gasteiger partial charge on any atom is -0.469 e. The lowest BCUT2D eigenvalue weighted by Gasteiger charge is -2.17. The van der Waals surface area contributed by atoms with Crippen LogP contribution in [-0.4, -0.2) is 54.3 Å². The molecule has 1 rings (SSSR count). The smallest absolute Gasteiger partial charge is 0.469 e. The molecule has 35 heavy (non-hydrogen) atoms. The number of aryl methyl sites for hydroxylation is 1. The van der Waals surface area contributed by atoms with Crippen molar-refractivity contribution in [2.75, 3.05) is 19.4 Å². The fourth-order valence-electron chi connectivity index (χ4n) is 2.80. The molecule has 0 fully saturated rings. The van der Waals surface area contributed by atoms with Crippen LogP contribution >= 0.6 is 11.8 Å². The Bertz CT molecular complexity index is 924. The predicted molar refractivity (Wildman–Crippen MR) is 124 cm³/mol. The minimum absolute atomic E-state index is 0.0165. The number of methoxy groups -OCH3 is 1. The van der Waals surface area contributed by atoms with Gasteiger partial charge in [0.05, 0.1) is 13.5 Å². The van der Waals surface area contributed by atoms with Crippen molar-refractivity contribution in [2.45, 2.75) is 71.4 Å². The third kappa shape index (κ3) is 13.4. The summed E-state index contributed by atoms with van der Waals surface area (Å²) in [6, 6.07) is -1.11.